The average molecular weight is 292 g/mol. The van der Waals surface area contributed by atoms with Crippen LogP contribution in [0.5, 0.6) is 0 Å². The van der Waals surface area contributed by atoms with Crippen LogP contribution in [0, 0.1) is 0 Å². The number of rotatable bonds is 2. The van der Waals surface area contributed by atoms with E-state index in [1.807, 2.05) is 11.7 Å². The van der Waals surface area contributed by atoms with Gasteiger partial charge in [-0.05, 0) is 29.3 Å². The number of aryl methyl sites for hydroxylation is 1. The van der Waals surface area contributed by atoms with Gasteiger partial charge in [0.2, 0.25) is 0 Å². The Hall–Kier alpha value is -2.20. The molecule has 0 bridgehead atoms. The van der Waals surface area contributed by atoms with E-state index < -0.39 is 0 Å². The van der Waals surface area contributed by atoms with E-state index in [4.69, 9.17) is 0 Å². The summed E-state index contributed by atoms with van der Waals surface area (Å²) in [6.45, 7) is 4.23. The summed E-state index contributed by atoms with van der Waals surface area (Å²) < 4.78 is 1.91. The Labute approximate surface area is 130 Å². The number of hydrogen-bond donors (Lipinski definition) is 0. The second kappa shape index (κ2) is 5.21. The van der Waals surface area contributed by atoms with Crippen LogP contribution < -0.4 is 0 Å². The molecule has 0 aliphatic carbocycles. The molecule has 1 aliphatic heterocycles. The van der Waals surface area contributed by atoms with Gasteiger partial charge in [-0.2, -0.15) is 0 Å². The summed E-state index contributed by atoms with van der Waals surface area (Å²) >= 11 is 0. The molecule has 22 heavy (non-hydrogen) atoms. The van der Waals surface area contributed by atoms with Crippen LogP contribution >= 0.6 is 0 Å². The van der Waals surface area contributed by atoms with Crippen LogP contribution in [0.1, 0.15) is 29.9 Å². The smallest absolute Gasteiger partial charge is 0.0999 e. The third kappa shape index (κ3) is 2.20. The monoisotopic (exact) mass is 292 g/mol. The molecule has 2 heterocycles. The summed E-state index contributed by atoms with van der Waals surface area (Å²) in [5.41, 5.74) is 3.77. The van der Waals surface area contributed by atoms with Crippen molar-refractivity contribution < 1.29 is 0 Å². The van der Waals surface area contributed by atoms with E-state index in [1.54, 1.807) is 0 Å². The van der Waals surface area contributed by atoms with Gasteiger partial charge in [0, 0.05) is 32.6 Å². The fourth-order valence-electron chi connectivity index (χ4n) is 3.38. The first kappa shape index (κ1) is 13.5. The first-order valence-corrected chi connectivity index (χ1v) is 7.82. The molecule has 3 aromatic rings. The van der Waals surface area contributed by atoms with Crippen LogP contribution in [-0.2, 0) is 20.0 Å². The first-order chi connectivity index (χ1) is 10.7. The molecular formula is C18H20N4. The number of hydrogen-bond acceptors (Lipinski definition) is 3. The van der Waals surface area contributed by atoms with Crippen molar-refractivity contribution in [3.05, 3.63) is 59.4 Å². The van der Waals surface area contributed by atoms with Gasteiger partial charge in [0.25, 0.3) is 0 Å². The Morgan fingerprint density at radius 2 is 1.91 bits per heavy atom. The fourth-order valence-corrected chi connectivity index (χ4v) is 3.38. The predicted molar refractivity (Wildman–Crippen MR) is 87.5 cm³/mol. The molecule has 112 valence electrons. The van der Waals surface area contributed by atoms with E-state index >= 15 is 0 Å². The molecule has 0 unspecified atom stereocenters. The van der Waals surface area contributed by atoms with Gasteiger partial charge in [-0.3, -0.25) is 9.58 Å². The molecule has 1 aliphatic rings. The molecule has 1 aromatic heterocycles. The Morgan fingerprint density at radius 1 is 1.09 bits per heavy atom. The maximum Gasteiger partial charge on any atom is 0.0999 e. The molecule has 4 heteroatoms. The van der Waals surface area contributed by atoms with E-state index in [0.29, 0.717) is 6.04 Å². The van der Waals surface area contributed by atoms with Crippen LogP contribution in [0.25, 0.3) is 10.8 Å². The van der Waals surface area contributed by atoms with Crippen LogP contribution in [0.15, 0.2) is 42.5 Å². The van der Waals surface area contributed by atoms with E-state index in [1.165, 1.54) is 22.0 Å². The van der Waals surface area contributed by atoms with E-state index in [0.717, 1.165) is 25.2 Å². The van der Waals surface area contributed by atoms with Crippen LogP contribution in [0.4, 0.5) is 0 Å². The van der Waals surface area contributed by atoms with Gasteiger partial charge in [-0.25, -0.2) is 0 Å². The highest BCUT2D eigenvalue weighted by atomic mass is 15.4. The van der Waals surface area contributed by atoms with Gasteiger partial charge in [0.05, 0.1) is 11.4 Å². The van der Waals surface area contributed by atoms with E-state index in [-0.39, 0.29) is 0 Å². The third-order valence-electron chi connectivity index (χ3n) is 4.82. The summed E-state index contributed by atoms with van der Waals surface area (Å²) in [6, 6.07) is 15.7. The number of benzene rings is 2. The van der Waals surface area contributed by atoms with E-state index in [2.05, 4.69) is 64.6 Å². The zero-order chi connectivity index (χ0) is 15.1. The van der Waals surface area contributed by atoms with Crippen LogP contribution in [0.3, 0.4) is 0 Å². The molecule has 0 fully saturated rings. The highest BCUT2D eigenvalue weighted by Crippen LogP contribution is 2.28. The lowest BCUT2D eigenvalue weighted by atomic mass is 10.00. The Kier molecular flexibility index (Phi) is 3.19. The molecule has 4 rings (SSSR count). The van der Waals surface area contributed by atoms with Crippen molar-refractivity contribution in [2.45, 2.75) is 25.9 Å². The molecule has 0 radical (unpaired) electrons. The molecule has 0 saturated carbocycles. The van der Waals surface area contributed by atoms with Gasteiger partial charge in [-0.1, -0.05) is 41.6 Å². The van der Waals surface area contributed by atoms with Crippen LogP contribution in [0.2, 0.25) is 0 Å². The minimum atomic E-state index is 0.389. The van der Waals surface area contributed by atoms with Crippen LogP contribution in [-0.4, -0.2) is 26.4 Å². The summed E-state index contributed by atoms with van der Waals surface area (Å²) in [6.07, 6.45) is 1.02. The van der Waals surface area contributed by atoms with Crippen molar-refractivity contribution in [3.63, 3.8) is 0 Å². The van der Waals surface area contributed by atoms with Gasteiger partial charge in [0.15, 0.2) is 0 Å². The Bertz CT molecular complexity index is 821. The maximum absolute atomic E-state index is 4.30. The normalized spacial score (nSPS) is 16.6. The van der Waals surface area contributed by atoms with Crippen molar-refractivity contribution in [1.82, 2.24) is 19.9 Å². The molecule has 1 atom stereocenters. The molecule has 0 N–H and O–H groups in total. The zero-order valence-corrected chi connectivity index (χ0v) is 13.0. The highest BCUT2D eigenvalue weighted by Gasteiger charge is 2.25. The second-order valence-electron chi connectivity index (χ2n) is 6.11. The van der Waals surface area contributed by atoms with Crippen molar-refractivity contribution in [2.75, 3.05) is 6.54 Å². The topological polar surface area (TPSA) is 34.0 Å². The quantitative estimate of drug-likeness (QED) is 0.728. The van der Waals surface area contributed by atoms with Crippen molar-refractivity contribution in [3.8, 4) is 0 Å². The SMILES string of the molecule is C[C@@H](c1ccc2ccccc2c1)N1CCc2c(nnn2C)C1. The predicted octanol–water partition coefficient (Wildman–Crippen LogP) is 3.09. The van der Waals surface area contributed by atoms with Crippen molar-refractivity contribution >= 4 is 10.8 Å². The minimum Gasteiger partial charge on any atom is -0.290 e. The third-order valence-corrected chi connectivity index (χ3v) is 4.82. The average Bonchev–Trinajstić information content (AvgIpc) is 2.94. The zero-order valence-electron chi connectivity index (χ0n) is 13.0. The largest absolute Gasteiger partial charge is 0.290 e. The lowest BCUT2D eigenvalue weighted by molar-refractivity contribution is 0.188. The standard InChI is InChI=1S/C18H20N4/c1-13(15-8-7-14-5-3-4-6-16(14)11-15)22-10-9-18-17(12-22)19-20-21(18)2/h3-8,11,13H,9-10,12H2,1-2H3/t13-/m0/s1. The lowest BCUT2D eigenvalue weighted by Crippen LogP contribution is -2.33. The van der Waals surface area contributed by atoms with Gasteiger partial charge >= 0.3 is 0 Å². The molecule has 2 aromatic carbocycles. The van der Waals surface area contributed by atoms with E-state index in [9.17, 15) is 0 Å². The minimum absolute atomic E-state index is 0.389. The second-order valence-corrected chi connectivity index (χ2v) is 6.11. The molecule has 0 amide bonds. The Balaban J connectivity index is 1.62. The molecule has 0 spiro atoms. The number of aromatic nitrogens is 3. The van der Waals surface area contributed by atoms with Crippen molar-refractivity contribution in [2.24, 2.45) is 7.05 Å². The van der Waals surface area contributed by atoms with Gasteiger partial charge in [0.1, 0.15) is 0 Å². The Morgan fingerprint density at radius 3 is 2.77 bits per heavy atom. The van der Waals surface area contributed by atoms with Crippen molar-refractivity contribution in [1.29, 1.82) is 0 Å². The summed E-state index contributed by atoms with van der Waals surface area (Å²) in [5.74, 6) is 0. The van der Waals surface area contributed by atoms with Gasteiger partial charge in [-0.15, -0.1) is 5.10 Å². The fraction of sp³-hybridized carbons (Fsp3) is 0.333. The first-order valence-electron chi connectivity index (χ1n) is 7.82. The maximum atomic E-state index is 4.30. The molecule has 4 nitrogen and oxygen atoms in total. The lowest BCUT2D eigenvalue weighted by Gasteiger charge is -2.32. The summed E-state index contributed by atoms with van der Waals surface area (Å²) in [7, 11) is 1.98. The van der Waals surface area contributed by atoms with Gasteiger partial charge < -0.3 is 0 Å². The molecular weight excluding hydrogens is 272 g/mol. The number of nitrogens with zero attached hydrogens (tertiary/aromatic N) is 4. The number of fused-ring (bicyclic) bond motifs is 2. The summed E-state index contributed by atoms with van der Waals surface area (Å²) in [5, 5.41) is 11.1. The summed E-state index contributed by atoms with van der Waals surface area (Å²) in [4.78, 5) is 2.49. The highest BCUT2D eigenvalue weighted by molar-refractivity contribution is 5.83. The molecule has 0 saturated heterocycles.